The number of hydrogen-bond donors (Lipinski definition) is 1. The van der Waals surface area contributed by atoms with E-state index in [1.54, 1.807) is 6.07 Å². The van der Waals surface area contributed by atoms with Crippen LogP contribution in [-0.4, -0.2) is 26.4 Å². The second-order valence-electron chi connectivity index (χ2n) is 4.65. The fourth-order valence-corrected chi connectivity index (χ4v) is 3.25. The molecule has 0 spiro atoms. The SMILES string of the molecule is O=C(O)CSc1nc2c(F)cccc2n1C1CC=CC1. The number of aromatic nitrogens is 2. The van der Waals surface area contributed by atoms with Gasteiger partial charge in [0.05, 0.1) is 11.3 Å². The molecule has 0 saturated carbocycles. The maximum absolute atomic E-state index is 13.8. The van der Waals surface area contributed by atoms with E-state index in [0.717, 1.165) is 30.1 Å². The maximum Gasteiger partial charge on any atom is 0.313 e. The highest BCUT2D eigenvalue weighted by Gasteiger charge is 2.22. The first-order chi connectivity index (χ1) is 9.66. The van der Waals surface area contributed by atoms with Gasteiger partial charge in [-0.05, 0) is 25.0 Å². The van der Waals surface area contributed by atoms with Crippen molar-refractivity contribution in [3.8, 4) is 0 Å². The lowest BCUT2D eigenvalue weighted by molar-refractivity contribution is -0.133. The molecule has 6 heteroatoms. The van der Waals surface area contributed by atoms with Gasteiger partial charge in [-0.15, -0.1) is 0 Å². The fourth-order valence-electron chi connectivity index (χ4n) is 2.46. The predicted molar refractivity (Wildman–Crippen MR) is 75.5 cm³/mol. The largest absolute Gasteiger partial charge is 0.481 e. The van der Waals surface area contributed by atoms with Gasteiger partial charge >= 0.3 is 5.97 Å². The molecule has 3 rings (SSSR count). The van der Waals surface area contributed by atoms with Crippen molar-refractivity contribution in [2.75, 3.05) is 5.75 Å². The van der Waals surface area contributed by atoms with Crippen molar-refractivity contribution in [1.82, 2.24) is 9.55 Å². The van der Waals surface area contributed by atoms with Crippen LogP contribution < -0.4 is 0 Å². The monoisotopic (exact) mass is 292 g/mol. The summed E-state index contributed by atoms with van der Waals surface area (Å²) in [6, 6.07) is 5.05. The lowest BCUT2D eigenvalue weighted by atomic mass is 10.2. The molecule has 0 saturated heterocycles. The van der Waals surface area contributed by atoms with Gasteiger partial charge in [-0.3, -0.25) is 4.79 Å². The third kappa shape index (κ3) is 2.31. The Balaban J connectivity index is 2.08. The topological polar surface area (TPSA) is 55.1 Å². The van der Waals surface area contributed by atoms with Crippen molar-refractivity contribution >= 4 is 28.8 Å². The molecular weight excluding hydrogens is 279 g/mol. The van der Waals surface area contributed by atoms with Gasteiger partial charge in [0.25, 0.3) is 0 Å². The van der Waals surface area contributed by atoms with E-state index in [1.807, 2.05) is 10.6 Å². The molecule has 20 heavy (non-hydrogen) atoms. The zero-order valence-corrected chi connectivity index (χ0v) is 11.4. The van der Waals surface area contributed by atoms with Crippen molar-refractivity contribution < 1.29 is 14.3 Å². The average Bonchev–Trinajstić information content (AvgIpc) is 3.03. The molecular formula is C14H13FN2O2S. The van der Waals surface area contributed by atoms with Crippen molar-refractivity contribution in [3.63, 3.8) is 0 Å². The van der Waals surface area contributed by atoms with Crippen molar-refractivity contribution in [3.05, 3.63) is 36.2 Å². The van der Waals surface area contributed by atoms with Crippen molar-refractivity contribution in [2.24, 2.45) is 0 Å². The number of carboxylic acids is 1. The Morgan fingerprint density at radius 2 is 2.20 bits per heavy atom. The first-order valence-electron chi connectivity index (χ1n) is 6.33. The number of fused-ring (bicyclic) bond motifs is 1. The molecule has 0 amide bonds. The van der Waals surface area contributed by atoms with E-state index in [4.69, 9.17) is 5.11 Å². The fraction of sp³-hybridized carbons (Fsp3) is 0.286. The number of nitrogens with zero attached hydrogens (tertiary/aromatic N) is 2. The molecule has 104 valence electrons. The molecule has 4 nitrogen and oxygen atoms in total. The second kappa shape index (κ2) is 5.28. The van der Waals surface area contributed by atoms with Crippen LogP contribution in [0, 0.1) is 5.82 Å². The third-order valence-corrected chi connectivity index (χ3v) is 4.25. The van der Waals surface area contributed by atoms with E-state index >= 15 is 0 Å². The number of para-hydroxylation sites is 1. The number of carboxylic acid groups (broad SMARTS) is 1. The minimum absolute atomic E-state index is 0.0783. The van der Waals surface area contributed by atoms with Gasteiger partial charge in [-0.25, -0.2) is 9.37 Å². The lowest BCUT2D eigenvalue weighted by Crippen LogP contribution is -2.08. The number of allylic oxidation sites excluding steroid dienone is 2. The molecule has 2 aromatic rings. The smallest absolute Gasteiger partial charge is 0.313 e. The molecule has 0 aliphatic heterocycles. The molecule has 1 N–H and O–H groups in total. The number of aliphatic carboxylic acids is 1. The second-order valence-corrected chi connectivity index (χ2v) is 5.59. The highest BCUT2D eigenvalue weighted by Crippen LogP contribution is 2.34. The Labute approximate surface area is 119 Å². The van der Waals surface area contributed by atoms with Gasteiger partial charge in [0.2, 0.25) is 0 Å². The summed E-state index contributed by atoms with van der Waals surface area (Å²) in [5, 5.41) is 9.39. The van der Waals surface area contributed by atoms with Crippen LogP contribution in [0.1, 0.15) is 18.9 Å². The van der Waals surface area contributed by atoms with Crippen LogP contribution in [0.15, 0.2) is 35.5 Å². The molecule has 1 heterocycles. The summed E-state index contributed by atoms with van der Waals surface area (Å²) in [6.07, 6.45) is 5.90. The number of rotatable bonds is 4. The minimum Gasteiger partial charge on any atom is -0.481 e. The summed E-state index contributed by atoms with van der Waals surface area (Å²) in [5.74, 6) is -1.35. The van der Waals surface area contributed by atoms with Crippen molar-refractivity contribution in [1.29, 1.82) is 0 Å². The first kappa shape index (κ1) is 13.2. The van der Waals surface area contributed by atoms with Crippen LogP contribution in [0.4, 0.5) is 4.39 Å². The molecule has 0 unspecified atom stereocenters. The summed E-state index contributed by atoms with van der Waals surface area (Å²) >= 11 is 1.13. The maximum atomic E-state index is 13.8. The van der Waals surface area contributed by atoms with E-state index in [1.165, 1.54) is 6.07 Å². The highest BCUT2D eigenvalue weighted by atomic mass is 32.2. The number of thioether (sulfide) groups is 1. The van der Waals surface area contributed by atoms with E-state index in [9.17, 15) is 9.18 Å². The van der Waals surface area contributed by atoms with Gasteiger partial charge in [-0.2, -0.15) is 0 Å². The predicted octanol–water partition coefficient (Wildman–Crippen LogP) is 3.24. The minimum atomic E-state index is -0.904. The van der Waals surface area contributed by atoms with E-state index in [2.05, 4.69) is 17.1 Å². The quantitative estimate of drug-likeness (QED) is 0.694. The van der Waals surface area contributed by atoms with Crippen LogP contribution in [0.5, 0.6) is 0 Å². The van der Waals surface area contributed by atoms with Gasteiger partial charge in [-0.1, -0.05) is 30.0 Å². The Kier molecular flexibility index (Phi) is 3.48. The summed E-state index contributed by atoms with van der Waals surface area (Å²) in [7, 11) is 0. The summed E-state index contributed by atoms with van der Waals surface area (Å²) in [4.78, 5) is 15.0. The normalized spacial score (nSPS) is 15.2. The molecule has 1 aromatic carbocycles. The molecule has 1 aliphatic rings. The highest BCUT2D eigenvalue weighted by molar-refractivity contribution is 7.99. The van der Waals surface area contributed by atoms with Crippen LogP contribution in [0.25, 0.3) is 11.0 Å². The number of imidazole rings is 1. The van der Waals surface area contributed by atoms with Crippen LogP contribution >= 0.6 is 11.8 Å². The van der Waals surface area contributed by atoms with Crippen LogP contribution in [-0.2, 0) is 4.79 Å². The van der Waals surface area contributed by atoms with E-state index in [-0.39, 0.29) is 17.6 Å². The van der Waals surface area contributed by atoms with Gasteiger partial charge in [0.1, 0.15) is 5.52 Å². The third-order valence-electron chi connectivity index (χ3n) is 3.31. The Morgan fingerprint density at radius 1 is 1.45 bits per heavy atom. The number of halogens is 1. The Hall–Kier alpha value is -1.82. The number of carbonyl (C=O) groups is 1. The van der Waals surface area contributed by atoms with Gasteiger partial charge < -0.3 is 9.67 Å². The number of hydrogen-bond acceptors (Lipinski definition) is 3. The molecule has 0 bridgehead atoms. The Morgan fingerprint density at radius 3 is 2.90 bits per heavy atom. The molecule has 0 radical (unpaired) electrons. The lowest BCUT2D eigenvalue weighted by Gasteiger charge is -2.15. The summed E-state index contributed by atoms with van der Waals surface area (Å²) in [6.45, 7) is 0. The standard InChI is InChI=1S/C14H13FN2O2S/c15-10-6-3-7-11-13(10)16-14(20-8-12(18)19)17(11)9-4-1-2-5-9/h1-3,6-7,9H,4-5,8H2,(H,18,19). The van der Waals surface area contributed by atoms with Crippen LogP contribution in [0.2, 0.25) is 0 Å². The summed E-state index contributed by atoms with van der Waals surface area (Å²) < 4.78 is 15.8. The number of benzene rings is 1. The van der Waals surface area contributed by atoms with Gasteiger partial charge in [0, 0.05) is 6.04 Å². The molecule has 1 aromatic heterocycles. The molecule has 1 aliphatic carbocycles. The summed E-state index contributed by atoms with van der Waals surface area (Å²) in [5.41, 5.74) is 1.04. The first-order valence-corrected chi connectivity index (χ1v) is 7.31. The van der Waals surface area contributed by atoms with E-state index in [0.29, 0.717) is 10.7 Å². The molecule has 0 fully saturated rings. The average molecular weight is 292 g/mol. The van der Waals surface area contributed by atoms with Crippen LogP contribution in [0.3, 0.4) is 0 Å². The van der Waals surface area contributed by atoms with Crippen molar-refractivity contribution in [2.45, 2.75) is 24.0 Å². The zero-order chi connectivity index (χ0) is 14.1. The zero-order valence-electron chi connectivity index (χ0n) is 10.6. The Bertz CT molecular complexity index is 688. The van der Waals surface area contributed by atoms with Gasteiger partial charge in [0.15, 0.2) is 11.0 Å². The van der Waals surface area contributed by atoms with E-state index < -0.39 is 5.97 Å². The molecule has 0 atom stereocenters.